The minimum Gasteiger partial charge on any atom is -0.445 e. The molecule has 0 saturated carbocycles. The van der Waals surface area contributed by atoms with E-state index in [0.29, 0.717) is 19.4 Å². The maximum absolute atomic E-state index is 11.8. The lowest BCUT2D eigenvalue weighted by molar-refractivity contribution is -0.130. The predicted molar refractivity (Wildman–Crippen MR) is 79.7 cm³/mol. The maximum Gasteiger partial charge on any atom is 0.407 e. The van der Waals surface area contributed by atoms with Crippen LogP contribution in [-0.2, 0) is 16.1 Å². The number of hydrogen-bond donors (Lipinski definition) is 1. The van der Waals surface area contributed by atoms with Crippen LogP contribution in [-0.4, -0.2) is 36.5 Å². The van der Waals surface area contributed by atoms with E-state index in [1.807, 2.05) is 35.2 Å². The van der Waals surface area contributed by atoms with Gasteiger partial charge < -0.3 is 15.0 Å². The highest BCUT2D eigenvalue weighted by atomic mass is 16.5. The number of ether oxygens (including phenoxy) is 1. The molecule has 0 radical (unpaired) electrons. The summed E-state index contributed by atoms with van der Waals surface area (Å²) in [5.41, 5.74) is 0.955. The van der Waals surface area contributed by atoms with Gasteiger partial charge in [-0.25, -0.2) is 4.79 Å². The molecule has 0 spiro atoms. The third kappa shape index (κ3) is 5.45. The largest absolute Gasteiger partial charge is 0.445 e. The van der Waals surface area contributed by atoms with Gasteiger partial charge in [0.05, 0.1) is 0 Å². The smallest absolute Gasteiger partial charge is 0.407 e. The normalized spacial score (nSPS) is 14.0. The van der Waals surface area contributed by atoms with Gasteiger partial charge in [-0.2, -0.15) is 0 Å². The Balaban J connectivity index is 1.54. The van der Waals surface area contributed by atoms with E-state index in [-0.39, 0.29) is 12.5 Å². The topological polar surface area (TPSA) is 58.6 Å². The molecule has 2 rings (SSSR count). The molecule has 1 aromatic rings. The van der Waals surface area contributed by atoms with Crippen LogP contribution < -0.4 is 5.32 Å². The first-order valence-electron chi connectivity index (χ1n) is 7.48. The number of benzene rings is 1. The fourth-order valence-electron chi connectivity index (χ4n) is 2.33. The van der Waals surface area contributed by atoms with E-state index in [4.69, 9.17) is 4.74 Å². The van der Waals surface area contributed by atoms with E-state index in [1.165, 1.54) is 0 Å². The molecule has 0 aliphatic carbocycles. The van der Waals surface area contributed by atoms with Crippen LogP contribution in [0.5, 0.6) is 0 Å². The van der Waals surface area contributed by atoms with Gasteiger partial charge in [0.15, 0.2) is 0 Å². The number of rotatable bonds is 6. The molecule has 21 heavy (non-hydrogen) atoms. The quantitative estimate of drug-likeness (QED) is 0.818. The number of likely N-dealkylation sites (tertiary alicyclic amines) is 1. The highest BCUT2D eigenvalue weighted by molar-refractivity contribution is 5.76. The van der Waals surface area contributed by atoms with Gasteiger partial charge in [0.1, 0.15) is 6.61 Å². The molecule has 2 amide bonds. The summed E-state index contributed by atoms with van der Waals surface area (Å²) in [6.07, 6.45) is 2.91. The zero-order chi connectivity index (χ0) is 14.9. The molecule has 5 nitrogen and oxygen atoms in total. The first kappa shape index (κ1) is 15.4. The monoisotopic (exact) mass is 290 g/mol. The Bertz CT molecular complexity index is 456. The molecule has 5 heteroatoms. The minimum atomic E-state index is -0.438. The van der Waals surface area contributed by atoms with Crippen molar-refractivity contribution in [3.63, 3.8) is 0 Å². The van der Waals surface area contributed by atoms with Gasteiger partial charge in [0.2, 0.25) is 5.91 Å². The summed E-state index contributed by atoms with van der Waals surface area (Å²) < 4.78 is 5.09. The van der Waals surface area contributed by atoms with Crippen LogP contribution in [0.2, 0.25) is 0 Å². The van der Waals surface area contributed by atoms with Gasteiger partial charge in [-0.1, -0.05) is 30.3 Å². The third-order valence-corrected chi connectivity index (χ3v) is 3.51. The van der Waals surface area contributed by atoms with Crippen LogP contribution in [0.1, 0.15) is 31.2 Å². The van der Waals surface area contributed by atoms with E-state index in [9.17, 15) is 9.59 Å². The molecule has 0 aromatic heterocycles. The van der Waals surface area contributed by atoms with E-state index >= 15 is 0 Å². The fourth-order valence-corrected chi connectivity index (χ4v) is 2.33. The molecule has 1 fully saturated rings. The fraction of sp³-hybridized carbons (Fsp3) is 0.500. The Labute approximate surface area is 125 Å². The number of hydrogen-bond acceptors (Lipinski definition) is 3. The first-order chi connectivity index (χ1) is 10.3. The van der Waals surface area contributed by atoms with Crippen molar-refractivity contribution >= 4 is 12.0 Å². The van der Waals surface area contributed by atoms with Crippen LogP contribution in [0.25, 0.3) is 0 Å². The van der Waals surface area contributed by atoms with Gasteiger partial charge >= 0.3 is 6.09 Å². The molecule has 0 atom stereocenters. The van der Waals surface area contributed by atoms with E-state index < -0.39 is 6.09 Å². The van der Waals surface area contributed by atoms with Crippen molar-refractivity contribution in [2.75, 3.05) is 19.6 Å². The van der Waals surface area contributed by atoms with Gasteiger partial charge in [-0.15, -0.1) is 0 Å². The lowest BCUT2D eigenvalue weighted by Gasteiger charge is -2.14. The Morgan fingerprint density at radius 3 is 2.57 bits per heavy atom. The number of nitrogens with zero attached hydrogens (tertiary/aromatic N) is 1. The van der Waals surface area contributed by atoms with Gasteiger partial charge in [0, 0.05) is 26.1 Å². The molecule has 114 valence electrons. The standard InChI is InChI=1S/C16H22N2O3/c19-15(18-11-4-5-12-18)9-6-10-17-16(20)21-13-14-7-2-1-3-8-14/h1-3,7-8H,4-6,9-13H2,(H,17,20). The van der Waals surface area contributed by atoms with Crippen molar-refractivity contribution in [3.05, 3.63) is 35.9 Å². The average molecular weight is 290 g/mol. The highest BCUT2D eigenvalue weighted by Gasteiger charge is 2.17. The third-order valence-electron chi connectivity index (χ3n) is 3.51. The number of alkyl carbamates (subject to hydrolysis) is 1. The number of carbonyl (C=O) groups is 2. The predicted octanol–water partition coefficient (Wildman–Crippen LogP) is 2.32. The molecule has 0 bridgehead atoms. The van der Waals surface area contributed by atoms with Gasteiger partial charge in [-0.05, 0) is 24.8 Å². The van der Waals surface area contributed by atoms with Crippen LogP contribution in [0.15, 0.2) is 30.3 Å². The molecule has 1 N–H and O–H groups in total. The van der Waals surface area contributed by atoms with E-state index in [2.05, 4.69) is 5.32 Å². The van der Waals surface area contributed by atoms with Crippen molar-refractivity contribution in [2.45, 2.75) is 32.3 Å². The first-order valence-corrected chi connectivity index (χ1v) is 7.48. The summed E-state index contributed by atoms with van der Waals surface area (Å²) in [5, 5.41) is 2.67. The molecule has 1 aromatic carbocycles. The minimum absolute atomic E-state index is 0.187. The maximum atomic E-state index is 11.8. The van der Waals surface area contributed by atoms with Crippen LogP contribution in [0.3, 0.4) is 0 Å². The second-order valence-electron chi connectivity index (χ2n) is 5.18. The number of nitrogens with one attached hydrogen (secondary N) is 1. The number of carbonyl (C=O) groups excluding carboxylic acids is 2. The Hall–Kier alpha value is -2.04. The van der Waals surface area contributed by atoms with Crippen molar-refractivity contribution in [1.82, 2.24) is 10.2 Å². The second-order valence-corrected chi connectivity index (χ2v) is 5.18. The Morgan fingerprint density at radius 1 is 1.14 bits per heavy atom. The van der Waals surface area contributed by atoms with Crippen LogP contribution in [0.4, 0.5) is 4.79 Å². The molecule has 1 aliphatic heterocycles. The Kier molecular flexibility index (Phi) is 6.06. The second kappa shape index (κ2) is 8.29. The van der Waals surface area contributed by atoms with Crippen molar-refractivity contribution in [1.29, 1.82) is 0 Å². The van der Waals surface area contributed by atoms with Crippen molar-refractivity contribution in [3.8, 4) is 0 Å². The van der Waals surface area contributed by atoms with E-state index in [1.54, 1.807) is 0 Å². The molecule has 1 saturated heterocycles. The summed E-state index contributed by atoms with van der Waals surface area (Å²) in [5.74, 6) is 0.187. The lowest BCUT2D eigenvalue weighted by atomic mass is 10.2. The Morgan fingerprint density at radius 2 is 1.86 bits per heavy atom. The number of amides is 2. The SMILES string of the molecule is O=C(NCCCC(=O)N1CCCC1)OCc1ccccc1. The molecular weight excluding hydrogens is 268 g/mol. The summed E-state index contributed by atoms with van der Waals surface area (Å²) in [4.78, 5) is 25.2. The lowest BCUT2D eigenvalue weighted by Crippen LogP contribution is -2.29. The average Bonchev–Trinajstić information content (AvgIpc) is 3.05. The van der Waals surface area contributed by atoms with E-state index in [0.717, 1.165) is 31.5 Å². The summed E-state index contributed by atoms with van der Waals surface area (Å²) in [7, 11) is 0. The van der Waals surface area contributed by atoms with Crippen LogP contribution in [0, 0.1) is 0 Å². The van der Waals surface area contributed by atoms with Gasteiger partial charge in [-0.3, -0.25) is 4.79 Å². The summed E-state index contributed by atoms with van der Waals surface area (Å²) in [6, 6.07) is 9.53. The molecular formula is C16H22N2O3. The zero-order valence-electron chi connectivity index (χ0n) is 12.2. The van der Waals surface area contributed by atoms with Crippen molar-refractivity contribution in [2.24, 2.45) is 0 Å². The summed E-state index contributed by atoms with van der Waals surface area (Å²) in [6.45, 7) is 2.49. The molecule has 1 aliphatic rings. The molecule has 1 heterocycles. The van der Waals surface area contributed by atoms with Crippen molar-refractivity contribution < 1.29 is 14.3 Å². The summed E-state index contributed by atoms with van der Waals surface area (Å²) >= 11 is 0. The van der Waals surface area contributed by atoms with Crippen LogP contribution >= 0.6 is 0 Å². The van der Waals surface area contributed by atoms with Gasteiger partial charge in [0.25, 0.3) is 0 Å². The highest BCUT2D eigenvalue weighted by Crippen LogP contribution is 2.09. The zero-order valence-corrected chi connectivity index (χ0v) is 12.2. The molecule has 0 unspecified atom stereocenters.